The van der Waals surface area contributed by atoms with Crippen molar-refractivity contribution < 1.29 is 4.74 Å². The molecule has 0 radical (unpaired) electrons. The second-order valence-corrected chi connectivity index (χ2v) is 4.33. The maximum atomic E-state index is 5.51. The van der Waals surface area contributed by atoms with E-state index >= 15 is 0 Å². The molecule has 1 fully saturated rings. The van der Waals surface area contributed by atoms with Crippen LogP contribution in [0.5, 0.6) is 0 Å². The topological polar surface area (TPSA) is 39.4 Å². The van der Waals surface area contributed by atoms with Crippen LogP contribution in [0, 0.1) is 6.92 Å². The Morgan fingerprint density at radius 1 is 1.38 bits per heavy atom. The average molecular weight is 217 g/mol. The first-order chi connectivity index (χ1) is 7.86. The molecule has 0 aliphatic carbocycles. The smallest absolute Gasteiger partial charge is 0.160 e. The highest BCUT2D eigenvalue weighted by atomic mass is 16.5. The molecule has 1 atom stereocenters. The Balaban J connectivity index is 2.09. The fourth-order valence-electron chi connectivity index (χ4n) is 2.34. The lowest BCUT2D eigenvalue weighted by Gasteiger charge is -2.20. The molecule has 2 aromatic rings. The number of nitrogens with zero attached hydrogens (tertiary/aromatic N) is 3. The first kappa shape index (κ1) is 9.78. The van der Waals surface area contributed by atoms with E-state index in [0.29, 0.717) is 5.92 Å². The van der Waals surface area contributed by atoms with E-state index in [1.54, 1.807) is 0 Å². The van der Waals surface area contributed by atoms with E-state index in [0.717, 1.165) is 37.5 Å². The van der Waals surface area contributed by atoms with Gasteiger partial charge >= 0.3 is 0 Å². The molecular formula is C12H15N3O. The van der Waals surface area contributed by atoms with E-state index in [-0.39, 0.29) is 0 Å². The zero-order valence-corrected chi connectivity index (χ0v) is 9.39. The molecule has 16 heavy (non-hydrogen) atoms. The summed E-state index contributed by atoms with van der Waals surface area (Å²) in [6.45, 7) is 3.74. The lowest BCUT2D eigenvalue weighted by molar-refractivity contribution is 0.0777. The Morgan fingerprint density at radius 2 is 2.31 bits per heavy atom. The van der Waals surface area contributed by atoms with Crippen molar-refractivity contribution in [1.82, 2.24) is 14.6 Å². The van der Waals surface area contributed by atoms with Crippen LogP contribution in [-0.4, -0.2) is 27.8 Å². The van der Waals surface area contributed by atoms with Gasteiger partial charge in [-0.1, -0.05) is 6.07 Å². The molecule has 2 aromatic heterocycles. The zero-order chi connectivity index (χ0) is 11.0. The number of aryl methyl sites for hydroxylation is 1. The fraction of sp³-hybridized carbons (Fsp3) is 0.500. The predicted molar refractivity (Wildman–Crippen MR) is 60.5 cm³/mol. The van der Waals surface area contributed by atoms with Gasteiger partial charge in [-0.25, -0.2) is 0 Å². The van der Waals surface area contributed by atoms with Gasteiger partial charge in [-0.15, -0.1) is 10.2 Å². The number of pyridine rings is 1. The summed E-state index contributed by atoms with van der Waals surface area (Å²) >= 11 is 0. The quantitative estimate of drug-likeness (QED) is 0.732. The molecular weight excluding hydrogens is 202 g/mol. The Kier molecular flexibility index (Phi) is 2.36. The highest BCUT2D eigenvalue weighted by molar-refractivity contribution is 5.40. The Hall–Kier alpha value is -1.42. The lowest BCUT2D eigenvalue weighted by Crippen LogP contribution is -2.18. The number of ether oxygens (including phenoxy) is 1. The third kappa shape index (κ3) is 1.50. The maximum absolute atomic E-state index is 5.51. The standard InChI is InChI=1S/C12H15N3O/c1-9-4-2-6-11-13-14-12(15(9)11)10-5-3-7-16-8-10/h2,4,6,10H,3,5,7-8H2,1H3. The van der Waals surface area contributed by atoms with E-state index < -0.39 is 0 Å². The molecule has 1 saturated heterocycles. The van der Waals surface area contributed by atoms with Crippen molar-refractivity contribution in [3.05, 3.63) is 29.7 Å². The lowest BCUT2D eigenvalue weighted by atomic mass is 10.0. The van der Waals surface area contributed by atoms with Gasteiger partial charge in [0.25, 0.3) is 0 Å². The monoisotopic (exact) mass is 217 g/mol. The number of hydrogen-bond donors (Lipinski definition) is 0. The number of fused-ring (bicyclic) bond motifs is 1. The highest BCUT2D eigenvalue weighted by Gasteiger charge is 2.21. The second kappa shape index (κ2) is 3.87. The minimum Gasteiger partial charge on any atom is -0.381 e. The van der Waals surface area contributed by atoms with E-state index in [4.69, 9.17) is 4.74 Å². The van der Waals surface area contributed by atoms with E-state index in [9.17, 15) is 0 Å². The minimum absolute atomic E-state index is 0.393. The number of aromatic nitrogens is 3. The van der Waals surface area contributed by atoms with Gasteiger partial charge in [-0.05, 0) is 31.9 Å². The van der Waals surface area contributed by atoms with Gasteiger partial charge in [-0.3, -0.25) is 4.40 Å². The molecule has 0 amide bonds. The molecule has 0 N–H and O–H groups in total. The summed E-state index contributed by atoms with van der Waals surface area (Å²) in [5.41, 5.74) is 2.11. The van der Waals surface area contributed by atoms with Gasteiger partial charge in [0.2, 0.25) is 0 Å². The van der Waals surface area contributed by atoms with E-state index in [2.05, 4.69) is 27.6 Å². The summed E-state index contributed by atoms with van der Waals surface area (Å²) in [5.74, 6) is 1.44. The number of rotatable bonds is 1. The molecule has 0 bridgehead atoms. The molecule has 1 aliphatic rings. The van der Waals surface area contributed by atoms with Crippen LogP contribution in [0.1, 0.15) is 30.3 Å². The van der Waals surface area contributed by atoms with Crippen LogP contribution in [-0.2, 0) is 4.74 Å². The Labute approximate surface area is 94.3 Å². The molecule has 0 aromatic carbocycles. The van der Waals surface area contributed by atoms with Gasteiger partial charge in [0.15, 0.2) is 5.65 Å². The molecule has 4 heteroatoms. The van der Waals surface area contributed by atoms with Gasteiger partial charge in [0.1, 0.15) is 5.82 Å². The van der Waals surface area contributed by atoms with Gasteiger partial charge in [0, 0.05) is 18.2 Å². The van der Waals surface area contributed by atoms with Gasteiger partial charge in [0.05, 0.1) is 6.61 Å². The molecule has 1 unspecified atom stereocenters. The largest absolute Gasteiger partial charge is 0.381 e. The molecule has 84 valence electrons. The summed E-state index contributed by atoms with van der Waals surface area (Å²) in [5, 5.41) is 8.52. The Bertz CT molecular complexity index is 500. The molecule has 0 spiro atoms. The van der Waals surface area contributed by atoms with Crippen molar-refractivity contribution in [2.24, 2.45) is 0 Å². The van der Waals surface area contributed by atoms with Crippen LogP contribution < -0.4 is 0 Å². The van der Waals surface area contributed by atoms with E-state index in [1.165, 1.54) is 5.69 Å². The van der Waals surface area contributed by atoms with Crippen LogP contribution in [0.25, 0.3) is 5.65 Å². The SMILES string of the molecule is Cc1cccc2nnc(C3CCCOC3)n12. The van der Waals surface area contributed by atoms with Crippen LogP contribution >= 0.6 is 0 Å². The molecule has 1 aliphatic heterocycles. The van der Waals surface area contributed by atoms with Crippen molar-refractivity contribution in [3.63, 3.8) is 0 Å². The van der Waals surface area contributed by atoms with Gasteiger partial charge in [-0.2, -0.15) is 0 Å². The van der Waals surface area contributed by atoms with Crippen LogP contribution in [0.4, 0.5) is 0 Å². The van der Waals surface area contributed by atoms with Crippen molar-refractivity contribution in [2.75, 3.05) is 13.2 Å². The molecule has 3 heterocycles. The first-order valence-corrected chi connectivity index (χ1v) is 5.74. The summed E-state index contributed by atoms with van der Waals surface area (Å²) in [4.78, 5) is 0. The van der Waals surface area contributed by atoms with Gasteiger partial charge < -0.3 is 4.74 Å². The average Bonchev–Trinajstić information content (AvgIpc) is 2.75. The van der Waals surface area contributed by atoms with Crippen molar-refractivity contribution in [2.45, 2.75) is 25.7 Å². The molecule has 0 saturated carbocycles. The Morgan fingerprint density at radius 3 is 3.12 bits per heavy atom. The summed E-state index contributed by atoms with van der Waals surface area (Å²) in [6, 6.07) is 6.09. The van der Waals surface area contributed by atoms with E-state index in [1.807, 2.05) is 12.1 Å². The highest BCUT2D eigenvalue weighted by Crippen LogP contribution is 2.24. The second-order valence-electron chi connectivity index (χ2n) is 4.33. The zero-order valence-electron chi connectivity index (χ0n) is 9.39. The van der Waals surface area contributed by atoms with Crippen molar-refractivity contribution in [1.29, 1.82) is 0 Å². The minimum atomic E-state index is 0.393. The summed E-state index contributed by atoms with van der Waals surface area (Å²) < 4.78 is 7.65. The normalized spacial score (nSPS) is 21.4. The van der Waals surface area contributed by atoms with Crippen molar-refractivity contribution >= 4 is 5.65 Å². The fourth-order valence-corrected chi connectivity index (χ4v) is 2.34. The first-order valence-electron chi connectivity index (χ1n) is 5.74. The summed E-state index contributed by atoms with van der Waals surface area (Å²) in [6.07, 6.45) is 2.26. The van der Waals surface area contributed by atoms with Crippen LogP contribution in [0.3, 0.4) is 0 Å². The van der Waals surface area contributed by atoms with Crippen molar-refractivity contribution in [3.8, 4) is 0 Å². The molecule has 4 nitrogen and oxygen atoms in total. The number of hydrogen-bond acceptors (Lipinski definition) is 3. The maximum Gasteiger partial charge on any atom is 0.160 e. The third-order valence-corrected chi connectivity index (χ3v) is 3.17. The predicted octanol–water partition coefficient (Wildman–Crippen LogP) is 1.93. The molecule has 3 rings (SSSR count). The van der Waals surface area contributed by atoms with Crippen LogP contribution in [0.15, 0.2) is 18.2 Å². The summed E-state index contributed by atoms with van der Waals surface area (Å²) in [7, 11) is 0. The third-order valence-electron chi connectivity index (χ3n) is 3.17. The van der Waals surface area contributed by atoms with Crippen LogP contribution in [0.2, 0.25) is 0 Å².